The van der Waals surface area contributed by atoms with E-state index in [4.69, 9.17) is 0 Å². The van der Waals surface area contributed by atoms with E-state index in [1.165, 1.54) is 6.33 Å². The van der Waals surface area contributed by atoms with E-state index in [0.29, 0.717) is 5.92 Å². The molecule has 2 aliphatic rings. The lowest BCUT2D eigenvalue weighted by atomic mass is 9.94. The number of hydrogen-bond donors (Lipinski definition) is 1. The number of fused-ring (bicyclic) bond motifs is 2. The number of nitrogens with zero attached hydrogens (tertiary/aromatic N) is 3. The van der Waals surface area contributed by atoms with Gasteiger partial charge in [0.2, 0.25) is 0 Å². The van der Waals surface area contributed by atoms with Crippen LogP contribution in [0.5, 0.6) is 0 Å². The normalized spacial score (nSPS) is 29.0. The van der Waals surface area contributed by atoms with Gasteiger partial charge in [0.25, 0.3) is 0 Å². The third-order valence-electron chi connectivity index (χ3n) is 4.64. The summed E-state index contributed by atoms with van der Waals surface area (Å²) in [7, 11) is 0. The van der Waals surface area contributed by atoms with Gasteiger partial charge in [0, 0.05) is 6.54 Å². The van der Waals surface area contributed by atoms with Crippen molar-refractivity contribution in [1.29, 1.82) is 0 Å². The van der Waals surface area contributed by atoms with Crippen LogP contribution in [0.25, 0.3) is 10.2 Å². The fourth-order valence-electron chi connectivity index (χ4n) is 3.82. The minimum Gasteiger partial charge on any atom is -0.480 e. The molecular weight excluding hydrogens is 274 g/mol. The summed E-state index contributed by atoms with van der Waals surface area (Å²) in [4.78, 5) is 22.3. The van der Waals surface area contributed by atoms with Crippen molar-refractivity contribution in [2.75, 3.05) is 11.4 Å². The molecule has 2 aromatic rings. The number of aliphatic carboxylic acids is 1. The van der Waals surface area contributed by atoms with Gasteiger partial charge in [-0.2, -0.15) is 0 Å². The van der Waals surface area contributed by atoms with Crippen LogP contribution in [0.4, 0.5) is 5.82 Å². The van der Waals surface area contributed by atoms with E-state index in [2.05, 4.69) is 9.97 Å². The van der Waals surface area contributed by atoms with Gasteiger partial charge < -0.3 is 10.0 Å². The number of carboxylic acids is 1. The average Bonchev–Trinajstić information content (AvgIpc) is 3.11. The van der Waals surface area contributed by atoms with Crippen molar-refractivity contribution >= 4 is 33.3 Å². The molecule has 2 aromatic heterocycles. The average molecular weight is 289 g/mol. The van der Waals surface area contributed by atoms with Crippen molar-refractivity contribution in [2.24, 2.45) is 11.8 Å². The number of hydrogen-bond acceptors (Lipinski definition) is 5. The second-order valence-electron chi connectivity index (χ2n) is 5.62. The van der Waals surface area contributed by atoms with Gasteiger partial charge in [0.05, 0.1) is 10.2 Å². The summed E-state index contributed by atoms with van der Waals surface area (Å²) < 4.78 is 0.999. The minimum atomic E-state index is -0.720. The van der Waals surface area contributed by atoms with E-state index in [9.17, 15) is 9.90 Å². The predicted octanol–water partition coefficient (Wildman–Crippen LogP) is 2.38. The van der Waals surface area contributed by atoms with Crippen LogP contribution in [0.2, 0.25) is 0 Å². The lowest BCUT2D eigenvalue weighted by Gasteiger charge is -2.25. The smallest absolute Gasteiger partial charge is 0.326 e. The maximum Gasteiger partial charge on any atom is 0.326 e. The second-order valence-corrected chi connectivity index (χ2v) is 6.54. The molecule has 1 N–H and O–H groups in total. The summed E-state index contributed by atoms with van der Waals surface area (Å²) >= 11 is 1.58. The largest absolute Gasteiger partial charge is 0.480 e. The van der Waals surface area contributed by atoms with E-state index >= 15 is 0 Å². The first-order valence-electron chi connectivity index (χ1n) is 6.93. The molecule has 1 saturated heterocycles. The number of thiophene rings is 1. The van der Waals surface area contributed by atoms with E-state index in [-0.39, 0.29) is 5.92 Å². The molecule has 5 nitrogen and oxygen atoms in total. The van der Waals surface area contributed by atoms with E-state index < -0.39 is 12.0 Å². The first-order chi connectivity index (χ1) is 9.75. The van der Waals surface area contributed by atoms with E-state index in [0.717, 1.165) is 41.8 Å². The third-order valence-corrected chi connectivity index (χ3v) is 5.54. The molecule has 1 aliphatic carbocycles. The zero-order valence-corrected chi connectivity index (χ0v) is 11.7. The minimum absolute atomic E-state index is 0.275. The van der Waals surface area contributed by atoms with Crippen LogP contribution >= 0.6 is 11.3 Å². The standard InChI is InChI=1S/C14H15N3O2S/c18-14(19)11-9-3-1-2-8(9)6-17(11)13-12-10(4-5-20-12)15-7-16-13/h4-5,7-9,11H,1-3,6H2,(H,18,19). The van der Waals surface area contributed by atoms with Crippen LogP contribution in [0, 0.1) is 11.8 Å². The Kier molecular flexibility index (Phi) is 2.66. The summed E-state index contributed by atoms with van der Waals surface area (Å²) in [5.74, 6) is 0.855. The van der Waals surface area contributed by atoms with Gasteiger partial charge in [0.1, 0.15) is 12.4 Å². The highest BCUT2D eigenvalue weighted by molar-refractivity contribution is 7.17. The predicted molar refractivity (Wildman–Crippen MR) is 77.0 cm³/mol. The first-order valence-corrected chi connectivity index (χ1v) is 7.81. The van der Waals surface area contributed by atoms with Crippen LogP contribution in [-0.2, 0) is 4.79 Å². The molecule has 4 rings (SSSR count). The van der Waals surface area contributed by atoms with Gasteiger partial charge in [-0.25, -0.2) is 14.8 Å². The Balaban J connectivity index is 1.81. The summed E-state index contributed by atoms with van der Waals surface area (Å²) in [6.45, 7) is 0.811. The molecule has 2 fully saturated rings. The molecule has 1 saturated carbocycles. The topological polar surface area (TPSA) is 66.3 Å². The van der Waals surface area contributed by atoms with Crippen molar-refractivity contribution < 1.29 is 9.90 Å². The molecule has 1 aliphatic heterocycles. The zero-order valence-electron chi connectivity index (χ0n) is 10.9. The van der Waals surface area contributed by atoms with Crippen LogP contribution in [0.15, 0.2) is 17.8 Å². The highest BCUT2D eigenvalue weighted by atomic mass is 32.1. The number of carbonyl (C=O) groups is 1. The zero-order chi connectivity index (χ0) is 13.7. The SMILES string of the molecule is O=C(O)C1C2CCCC2CN1c1ncnc2ccsc12. The highest BCUT2D eigenvalue weighted by Gasteiger charge is 2.48. The fourth-order valence-corrected chi connectivity index (χ4v) is 4.67. The van der Waals surface area contributed by atoms with Crippen LogP contribution in [-0.4, -0.2) is 33.6 Å². The van der Waals surface area contributed by atoms with Crippen molar-refractivity contribution in [3.05, 3.63) is 17.8 Å². The molecule has 0 radical (unpaired) electrons. The summed E-state index contributed by atoms with van der Waals surface area (Å²) in [5.41, 5.74) is 0.904. The molecule has 0 bridgehead atoms. The first kappa shape index (κ1) is 12.1. The molecule has 0 spiro atoms. The fraction of sp³-hybridized carbons (Fsp3) is 0.500. The Labute approximate surface area is 120 Å². The van der Waals surface area contributed by atoms with Gasteiger partial charge in [-0.1, -0.05) is 6.42 Å². The van der Waals surface area contributed by atoms with Gasteiger partial charge in [-0.3, -0.25) is 0 Å². The summed E-state index contributed by atoms with van der Waals surface area (Å²) in [5, 5.41) is 11.6. The number of carboxylic acid groups (broad SMARTS) is 1. The maximum absolute atomic E-state index is 11.7. The van der Waals surface area contributed by atoms with Gasteiger partial charge in [-0.15, -0.1) is 11.3 Å². The molecular formula is C14H15N3O2S. The van der Waals surface area contributed by atoms with Crippen LogP contribution in [0.3, 0.4) is 0 Å². The van der Waals surface area contributed by atoms with Crippen molar-refractivity contribution in [2.45, 2.75) is 25.3 Å². The Morgan fingerprint density at radius 2 is 2.30 bits per heavy atom. The van der Waals surface area contributed by atoms with Gasteiger partial charge in [0.15, 0.2) is 5.82 Å². The lowest BCUT2D eigenvalue weighted by Crippen LogP contribution is -2.40. The monoisotopic (exact) mass is 289 g/mol. The number of aromatic nitrogens is 2. The second kappa shape index (κ2) is 4.41. The van der Waals surface area contributed by atoms with Gasteiger partial charge in [-0.05, 0) is 36.1 Å². The third kappa shape index (κ3) is 1.64. The number of anilines is 1. The lowest BCUT2D eigenvalue weighted by molar-refractivity contribution is -0.139. The molecule has 0 amide bonds. The summed E-state index contributed by atoms with van der Waals surface area (Å²) in [6.07, 6.45) is 4.86. The van der Waals surface area contributed by atoms with E-state index in [1.54, 1.807) is 11.3 Å². The molecule has 6 heteroatoms. The molecule has 104 valence electrons. The van der Waals surface area contributed by atoms with Gasteiger partial charge >= 0.3 is 5.97 Å². The Bertz CT molecular complexity index is 671. The maximum atomic E-state index is 11.7. The summed E-state index contributed by atoms with van der Waals surface area (Å²) in [6, 6.07) is 1.53. The molecule has 3 unspecified atom stereocenters. The van der Waals surface area contributed by atoms with Crippen molar-refractivity contribution in [3.8, 4) is 0 Å². The van der Waals surface area contributed by atoms with Crippen molar-refractivity contribution in [3.63, 3.8) is 0 Å². The quantitative estimate of drug-likeness (QED) is 0.919. The Morgan fingerprint density at radius 1 is 1.40 bits per heavy atom. The number of rotatable bonds is 2. The molecule has 0 aromatic carbocycles. The molecule has 3 heterocycles. The van der Waals surface area contributed by atoms with Crippen molar-refractivity contribution in [1.82, 2.24) is 9.97 Å². The molecule has 3 atom stereocenters. The van der Waals surface area contributed by atoms with Crippen LogP contribution < -0.4 is 4.90 Å². The molecule has 20 heavy (non-hydrogen) atoms. The highest BCUT2D eigenvalue weighted by Crippen LogP contribution is 2.45. The Hall–Kier alpha value is -1.69. The Morgan fingerprint density at radius 3 is 3.15 bits per heavy atom. The van der Waals surface area contributed by atoms with Crippen LogP contribution in [0.1, 0.15) is 19.3 Å². The van der Waals surface area contributed by atoms with E-state index in [1.807, 2.05) is 16.3 Å².